The van der Waals surface area contributed by atoms with Crippen molar-refractivity contribution < 1.29 is 9.15 Å². The third kappa shape index (κ3) is 3.04. The molecule has 0 aromatic carbocycles. The van der Waals surface area contributed by atoms with Crippen LogP contribution in [0.1, 0.15) is 44.9 Å². The highest BCUT2D eigenvalue weighted by atomic mass is 16.5. The Balaban J connectivity index is 1.89. The Labute approximate surface area is 102 Å². The van der Waals surface area contributed by atoms with Gasteiger partial charge in [0.25, 0.3) is 0 Å². The second kappa shape index (κ2) is 5.14. The normalized spacial score (nSPS) is 19.2. The number of hydrogen-bond donors (Lipinski definition) is 1. The molecule has 5 nitrogen and oxygen atoms in total. The third-order valence-corrected chi connectivity index (χ3v) is 3.39. The Morgan fingerprint density at radius 3 is 2.82 bits per heavy atom. The van der Waals surface area contributed by atoms with Gasteiger partial charge in [-0.2, -0.15) is 0 Å². The van der Waals surface area contributed by atoms with Gasteiger partial charge in [-0.1, -0.05) is 6.92 Å². The lowest BCUT2D eigenvalue weighted by atomic mass is 10.0. The van der Waals surface area contributed by atoms with Crippen LogP contribution in [0.2, 0.25) is 0 Å². The zero-order valence-corrected chi connectivity index (χ0v) is 10.8. The van der Waals surface area contributed by atoms with Crippen molar-refractivity contribution in [2.24, 2.45) is 0 Å². The van der Waals surface area contributed by atoms with Gasteiger partial charge >= 0.3 is 0 Å². The first-order valence-electron chi connectivity index (χ1n) is 6.29. The Bertz CT molecular complexity index is 356. The van der Waals surface area contributed by atoms with Gasteiger partial charge in [-0.05, 0) is 26.2 Å². The molecule has 1 atom stereocenters. The van der Waals surface area contributed by atoms with Crippen molar-refractivity contribution in [2.75, 3.05) is 13.7 Å². The van der Waals surface area contributed by atoms with Crippen LogP contribution in [0.5, 0.6) is 0 Å². The maximum atomic E-state index is 5.65. The van der Waals surface area contributed by atoms with Gasteiger partial charge in [0.05, 0.1) is 0 Å². The van der Waals surface area contributed by atoms with Gasteiger partial charge < -0.3 is 14.5 Å². The number of ether oxygens (including phenoxy) is 1. The van der Waals surface area contributed by atoms with E-state index in [4.69, 9.17) is 9.15 Å². The highest BCUT2D eigenvalue weighted by Crippen LogP contribution is 2.26. The van der Waals surface area contributed by atoms with E-state index in [9.17, 15) is 0 Å². The summed E-state index contributed by atoms with van der Waals surface area (Å²) in [5.41, 5.74) is -0.463. The van der Waals surface area contributed by atoms with Crippen LogP contribution in [0.15, 0.2) is 4.42 Å². The maximum Gasteiger partial charge on any atom is 0.247 e. The van der Waals surface area contributed by atoms with Crippen LogP contribution in [0.25, 0.3) is 0 Å². The van der Waals surface area contributed by atoms with Gasteiger partial charge in [-0.3, -0.25) is 0 Å². The molecule has 0 radical (unpaired) electrons. The summed E-state index contributed by atoms with van der Waals surface area (Å²) in [6.45, 7) is 4.91. The van der Waals surface area contributed by atoms with Crippen LogP contribution in [0.4, 0.5) is 0 Å². The predicted octanol–water partition coefficient (Wildman–Crippen LogP) is 1.64. The lowest BCUT2D eigenvalue weighted by Crippen LogP contribution is -2.23. The largest absolute Gasteiger partial charge is 0.422 e. The molecule has 0 bridgehead atoms. The molecule has 0 amide bonds. The molecule has 2 rings (SSSR count). The van der Waals surface area contributed by atoms with Crippen LogP contribution >= 0.6 is 0 Å². The van der Waals surface area contributed by atoms with Crippen molar-refractivity contribution in [2.45, 2.75) is 51.2 Å². The highest BCUT2D eigenvalue weighted by Gasteiger charge is 2.30. The van der Waals surface area contributed by atoms with Gasteiger partial charge in [-0.15, -0.1) is 10.2 Å². The van der Waals surface area contributed by atoms with Crippen LogP contribution in [0, 0.1) is 0 Å². The quantitative estimate of drug-likeness (QED) is 0.783. The van der Waals surface area contributed by atoms with Gasteiger partial charge in [0, 0.05) is 26.1 Å². The Hall–Kier alpha value is -0.940. The van der Waals surface area contributed by atoms with Crippen LogP contribution in [-0.2, 0) is 16.8 Å². The number of nitrogens with zero attached hydrogens (tertiary/aromatic N) is 2. The molecule has 1 aliphatic rings. The van der Waals surface area contributed by atoms with E-state index in [-0.39, 0.29) is 0 Å². The van der Waals surface area contributed by atoms with E-state index >= 15 is 0 Å². The molecule has 1 N–H and O–H groups in total. The summed E-state index contributed by atoms with van der Waals surface area (Å²) in [5, 5.41) is 11.6. The zero-order valence-electron chi connectivity index (χ0n) is 10.8. The number of hydrogen-bond acceptors (Lipinski definition) is 5. The van der Waals surface area contributed by atoms with Crippen LogP contribution in [-0.4, -0.2) is 29.9 Å². The highest BCUT2D eigenvalue weighted by molar-refractivity contribution is 4.95. The van der Waals surface area contributed by atoms with E-state index in [1.165, 1.54) is 12.8 Å². The molecule has 5 heteroatoms. The van der Waals surface area contributed by atoms with Gasteiger partial charge in [0.15, 0.2) is 0 Å². The van der Waals surface area contributed by atoms with Crippen LogP contribution in [0.3, 0.4) is 0 Å². The second-order valence-corrected chi connectivity index (χ2v) is 4.77. The van der Waals surface area contributed by atoms with E-state index in [2.05, 4.69) is 15.5 Å². The Kier molecular flexibility index (Phi) is 3.79. The summed E-state index contributed by atoms with van der Waals surface area (Å²) in [5.74, 6) is 1.26. The molecular weight excluding hydrogens is 218 g/mol. The van der Waals surface area contributed by atoms with Crippen molar-refractivity contribution in [3.63, 3.8) is 0 Å². The molecule has 1 saturated carbocycles. The first-order valence-corrected chi connectivity index (χ1v) is 6.29. The van der Waals surface area contributed by atoms with Crippen molar-refractivity contribution in [1.82, 2.24) is 15.5 Å². The molecule has 1 heterocycles. The minimum atomic E-state index is -0.463. The Morgan fingerprint density at radius 2 is 2.24 bits per heavy atom. The molecule has 17 heavy (non-hydrogen) atoms. The van der Waals surface area contributed by atoms with Gasteiger partial charge in [-0.25, -0.2) is 0 Å². The molecule has 1 fully saturated rings. The summed E-state index contributed by atoms with van der Waals surface area (Å²) < 4.78 is 11.1. The smallest absolute Gasteiger partial charge is 0.247 e. The average molecular weight is 239 g/mol. The van der Waals surface area contributed by atoms with E-state index in [1.54, 1.807) is 7.11 Å². The predicted molar refractivity (Wildman–Crippen MR) is 63.7 cm³/mol. The van der Waals surface area contributed by atoms with Crippen molar-refractivity contribution in [1.29, 1.82) is 0 Å². The number of aromatic nitrogens is 2. The Morgan fingerprint density at radius 1 is 1.47 bits per heavy atom. The molecule has 1 aromatic rings. The molecule has 0 saturated heterocycles. The summed E-state index contributed by atoms with van der Waals surface area (Å²) in [6, 6.07) is 0.720. The monoisotopic (exact) mass is 239 g/mol. The zero-order chi connectivity index (χ0) is 12.3. The summed E-state index contributed by atoms with van der Waals surface area (Å²) in [7, 11) is 1.67. The standard InChI is InChI=1S/C12H21N3O2/c1-4-12(2,16-3)11-15-14-10(17-11)7-8-13-9-5-6-9/h9,13H,4-8H2,1-3H3. The molecule has 0 spiro atoms. The van der Waals surface area contributed by atoms with Gasteiger partial charge in [0.2, 0.25) is 11.8 Å². The first-order chi connectivity index (χ1) is 8.18. The molecule has 0 aliphatic heterocycles. The maximum absolute atomic E-state index is 5.65. The minimum absolute atomic E-state index is 0.463. The summed E-state index contributed by atoms with van der Waals surface area (Å²) in [4.78, 5) is 0. The lowest BCUT2D eigenvalue weighted by Gasteiger charge is -2.21. The molecule has 1 unspecified atom stereocenters. The third-order valence-electron chi connectivity index (χ3n) is 3.39. The van der Waals surface area contributed by atoms with Crippen molar-refractivity contribution in [3.8, 4) is 0 Å². The second-order valence-electron chi connectivity index (χ2n) is 4.77. The topological polar surface area (TPSA) is 60.2 Å². The molecule has 96 valence electrons. The van der Waals surface area contributed by atoms with E-state index < -0.39 is 5.60 Å². The molecule has 1 aliphatic carbocycles. The summed E-state index contributed by atoms with van der Waals surface area (Å²) in [6.07, 6.45) is 4.19. The molecule has 1 aromatic heterocycles. The first kappa shape index (κ1) is 12.5. The van der Waals surface area contributed by atoms with E-state index in [1.807, 2.05) is 13.8 Å². The van der Waals surface area contributed by atoms with Gasteiger partial charge in [0.1, 0.15) is 5.60 Å². The fourth-order valence-corrected chi connectivity index (χ4v) is 1.62. The number of methoxy groups -OCH3 is 1. The van der Waals surface area contributed by atoms with Crippen molar-refractivity contribution >= 4 is 0 Å². The SMILES string of the molecule is CCC(C)(OC)c1nnc(CCNC2CC2)o1. The lowest BCUT2D eigenvalue weighted by molar-refractivity contribution is -0.0242. The van der Waals surface area contributed by atoms with Crippen molar-refractivity contribution in [3.05, 3.63) is 11.8 Å². The van der Waals surface area contributed by atoms with Crippen LogP contribution < -0.4 is 5.32 Å². The minimum Gasteiger partial charge on any atom is -0.422 e. The summed E-state index contributed by atoms with van der Waals surface area (Å²) >= 11 is 0. The average Bonchev–Trinajstić information content (AvgIpc) is 3.05. The fraction of sp³-hybridized carbons (Fsp3) is 0.833. The molecular formula is C12H21N3O2. The van der Waals surface area contributed by atoms with E-state index in [0.717, 1.165) is 25.4 Å². The number of nitrogens with one attached hydrogen (secondary N) is 1. The van der Waals surface area contributed by atoms with E-state index in [0.29, 0.717) is 11.8 Å². The number of rotatable bonds is 7. The fourth-order valence-electron chi connectivity index (χ4n) is 1.62.